The molecule has 0 unspecified atom stereocenters. The number of carboxylic acids is 2. The second-order valence-corrected chi connectivity index (χ2v) is 3.89. The standard InChI is InChI=1S/C6H13FN2.2C2HF3O2/c7-1-4-9-5-2-8-3-6-9;2*3-2(4,5)1(6)7/h8H,1-6H2;2*(H,6,7). The molecule has 0 spiro atoms. The maximum Gasteiger partial charge on any atom is 0.490 e. The molecule has 3 N–H and O–H groups in total. The highest BCUT2D eigenvalue weighted by molar-refractivity contribution is 5.73. The summed E-state index contributed by atoms with van der Waals surface area (Å²) in [5.74, 6) is -5.51. The van der Waals surface area contributed by atoms with Crippen molar-refractivity contribution in [3.8, 4) is 0 Å². The molecule has 0 aromatic carbocycles. The van der Waals surface area contributed by atoms with Crippen molar-refractivity contribution in [1.29, 1.82) is 0 Å². The summed E-state index contributed by atoms with van der Waals surface area (Å²) >= 11 is 0. The van der Waals surface area contributed by atoms with Crippen LogP contribution in [0.3, 0.4) is 0 Å². The van der Waals surface area contributed by atoms with E-state index in [1.807, 2.05) is 0 Å². The molecule has 0 amide bonds. The monoisotopic (exact) mass is 360 g/mol. The number of rotatable bonds is 2. The van der Waals surface area contributed by atoms with E-state index in [0.717, 1.165) is 26.2 Å². The van der Waals surface area contributed by atoms with Gasteiger partial charge in [-0.3, -0.25) is 4.90 Å². The molecule has 1 heterocycles. The summed E-state index contributed by atoms with van der Waals surface area (Å²) in [6.45, 7) is 4.44. The van der Waals surface area contributed by atoms with Gasteiger partial charge in [0.15, 0.2) is 0 Å². The van der Waals surface area contributed by atoms with Crippen molar-refractivity contribution >= 4 is 11.9 Å². The predicted octanol–water partition coefficient (Wildman–Crippen LogP) is 1.13. The van der Waals surface area contributed by atoms with Gasteiger partial charge in [-0.1, -0.05) is 0 Å². The number of nitrogens with one attached hydrogen (secondary N) is 1. The van der Waals surface area contributed by atoms with Crippen LogP contribution in [0.4, 0.5) is 30.7 Å². The van der Waals surface area contributed by atoms with Gasteiger partial charge in [-0.15, -0.1) is 0 Å². The van der Waals surface area contributed by atoms with Gasteiger partial charge in [0, 0.05) is 32.7 Å². The Morgan fingerprint density at radius 2 is 1.22 bits per heavy atom. The van der Waals surface area contributed by atoms with Crippen LogP contribution < -0.4 is 5.32 Å². The van der Waals surface area contributed by atoms with Crippen LogP contribution >= 0.6 is 0 Å². The van der Waals surface area contributed by atoms with Crippen LogP contribution in [0.15, 0.2) is 0 Å². The predicted molar refractivity (Wildman–Crippen MR) is 62.7 cm³/mol. The maximum atomic E-state index is 11.7. The summed E-state index contributed by atoms with van der Waals surface area (Å²) in [4.78, 5) is 19.9. The number of hydrogen-bond acceptors (Lipinski definition) is 4. The second-order valence-electron chi connectivity index (χ2n) is 3.89. The van der Waals surface area contributed by atoms with Crippen molar-refractivity contribution in [1.82, 2.24) is 10.2 Å². The van der Waals surface area contributed by atoms with E-state index in [-0.39, 0.29) is 6.67 Å². The van der Waals surface area contributed by atoms with Gasteiger partial charge < -0.3 is 15.5 Å². The molecule has 1 aliphatic rings. The molecule has 0 bridgehead atoms. The SMILES string of the molecule is FCCN1CCNCC1.O=C(O)C(F)(F)F.O=C(O)C(F)(F)F. The Balaban J connectivity index is 0. The minimum Gasteiger partial charge on any atom is -0.475 e. The Labute approximate surface area is 125 Å². The average Bonchev–Trinajstić information content (AvgIpc) is 2.39. The fourth-order valence-corrected chi connectivity index (χ4v) is 1.05. The van der Waals surface area contributed by atoms with Gasteiger partial charge in [0.1, 0.15) is 6.67 Å². The summed E-state index contributed by atoms with van der Waals surface area (Å²) in [5, 5.41) is 17.5. The molecular weight excluding hydrogens is 345 g/mol. The van der Waals surface area contributed by atoms with Crippen molar-refractivity contribution in [2.24, 2.45) is 0 Å². The lowest BCUT2D eigenvalue weighted by Crippen LogP contribution is -2.44. The lowest BCUT2D eigenvalue weighted by molar-refractivity contribution is -0.193. The van der Waals surface area contributed by atoms with Crippen molar-refractivity contribution in [2.45, 2.75) is 12.4 Å². The number of nitrogens with zero attached hydrogens (tertiary/aromatic N) is 1. The summed E-state index contributed by atoms with van der Waals surface area (Å²) in [6.07, 6.45) is -10.2. The smallest absolute Gasteiger partial charge is 0.475 e. The topological polar surface area (TPSA) is 89.9 Å². The fraction of sp³-hybridized carbons (Fsp3) is 0.800. The van der Waals surface area contributed by atoms with Crippen LogP contribution in [0.2, 0.25) is 0 Å². The van der Waals surface area contributed by atoms with Crippen LogP contribution in [-0.4, -0.2) is 78.8 Å². The van der Waals surface area contributed by atoms with Gasteiger partial charge in [0.2, 0.25) is 0 Å². The lowest BCUT2D eigenvalue weighted by Gasteiger charge is -2.25. The number of alkyl halides is 7. The number of piperazine rings is 1. The number of halogens is 7. The molecule has 0 aromatic rings. The first-order valence-corrected chi connectivity index (χ1v) is 5.91. The van der Waals surface area contributed by atoms with E-state index in [1.165, 1.54) is 0 Å². The van der Waals surface area contributed by atoms with Gasteiger partial charge in [-0.05, 0) is 0 Å². The van der Waals surface area contributed by atoms with Crippen LogP contribution in [-0.2, 0) is 9.59 Å². The first-order chi connectivity index (χ1) is 10.3. The largest absolute Gasteiger partial charge is 0.490 e. The molecule has 1 aliphatic heterocycles. The third kappa shape index (κ3) is 15.1. The van der Waals surface area contributed by atoms with E-state index < -0.39 is 24.3 Å². The zero-order valence-corrected chi connectivity index (χ0v) is 11.5. The zero-order chi connectivity index (χ0) is 18.7. The Bertz CT molecular complexity index is 327. The Kier molecular flexibility index (Phi) is 11.3. The highest BCUT2D eigenvalue weighted by Gasteiger charge is 2.38. The first-order valence-electron chi connectivity index (χ1n) is 5.91. The minimum atomic E-state index is -5.08. The Morgan fingerprint density at radius 1 is 0.913 bits per heavy atom. The van der Waals surface area contributed by atoms with E-state index in [9.17, 15) is 30.7 Å². The van der Waals surface area contributed by atoms with Crippen LogP contribution in [0, 0.1) is 0 Å². The summed E-state index contributed by atoms with van der Waals surface area (Å²) < 4.78 is 75.2. The molecule has 1 fully saturated rings. The summed E-state index contributed by atoms with van der Waals surface area (Å²) in [7, 11) is 0. The molecule has 0 aliphatic carbocycles. The molecular formula is C10H15F7N2O4. The van der Waals surface area contributed by atoms with Gasteiger partial charge in [0.05, 0.1) is 0 Å². The van der Waals surface area contributed by atoms with Crippen molar-refractivity contribution in [3.63, 3.8) is 0 Å². The van der Waals surface area contributed by atoms with Crippen LogP contribution in [0.5, 0.6) is 0 Å². The Morgan fingerprint density at radius 3 is 1.43 bits per heavy atom. The number of hydrogen-bond donors (Lipinski definition) is 3. The van der Waals surface area contributed by atoms with Crippen molar-refractivity contribution in [3.05, 3.63) is 0 Å². The minimum absolute atomic E-state index is 0.208. The number of carboxylic acid groups (broad SMARTS) is 2. The molecule has 6 nitrogen and oxygen atoms in total. The third-order valence-electron chi connectivity index (χ3n) is 2.10. The van der Waals surface area contributed by atoms with Gasteiger partial charge in [-0.2, -0.15) is 26.3 Å². The molecule has 0 atom stereocenters. The molecule has 1 rings (SSSR count). The molecule has 138 valence electrons. The van der Waals surface area contributed by atoms with Gasteiger partial charge >= 0.3 is 24.3 Å². The maximum absolute atomic E-state index is 11.7. The van der Waals surface area contributed by atoms with Gasteiger partial charge in [0.25, 0.3) is 0 Å². The molecule has 0 aromatic heterocycles. The first kappa shape index (κ1) is 23.6. The van der Waals surface area contributed by atoms with Crippen LogP contribution in [0.1, 0.15) is 0 Å². The van der Waals surface area contributed by atoms with E-state index in [1.54, 1.807) is 0 Å². The highest BCUT2D eigenvalue weighted by atomic mass is 19.4. The molecule has 13 heteroatoms. The van der Waals surface area contributed by atoms with Crippen LogP contribution in [0.25, 0.3) is 0 Å². The summed E-state index contributed by atoms with van der Waals surface area (Å²) in [5.41, 5.74) is 0. The second kappa shape index (κ2) is 11.0. The Hall–Kier alpha value is -1.63. The molecule has 0 radical (unpaired) electrons. The van der Waals surface area contributed by atoms with Crippen molar-refractivity contribution < 1.29 is 50.5 Å². The lowest BCUT2D eigenvalue weighted by atomic mass is 10.4. The van der Waals surface area contributed by atoms with E-state index >= 15 is 0 Å². The quantitative estimate of drug-likeness (QED) is 0.640. The molecule has 23 heavy (non-hydrogen) atoms. The van der Waals surface area contributed by atoms with E-state index in [0.29, 0.717) is 6.54 Å². The van der Waals surface area contributed by atoms with Crippen molar-refractivity contribution in [2.75, 3.05) is 39.4 Å². The normalized spacial score (nSPS) is 15.6. The third-order valence-corrected chi connectivity index (χ3v) is 2.10. The molecule has 0 saturated carbocycles. The van der Waals surface area contributed by atoms with E-state index in [4.69, 9.17) is 19.8 Å². The number of carbonyl (C=O) groups is 2. The zero-order valence-electron chi connectivity index (χ0n) is 11.5. The van der Waals surface area contributed by atoms with Gasteiger partial charge in [-0.25, -0.2) is 14.0 Å². The highest BCUT2D eigenvalue weighted by Crippen LogP contribution is 2.13. The average molecular weight is 360 g/mol. The number of aliphatic carboxylic acids is 2. The van der Waals surface area contributed by atoms with E-state index in [2.05, 4.69) is 10.2 Å². The summed E-state index contributed by atoms with van der Waals surface area (Å²) in [6, 6.07) is 0. The molecule has 1 saturated heterocycles. The fourth-order valence-electron chi connectivity index (χ4n) is 1.05.